The second-order valence-corrected chi connectivity index (χ2v) is 6.92. The summed E-state index contributed by atoms with van der Waals surface area (Å²) in [6.45, 7) is -0.878. The number of aliphatic hydroxyl groups is 1. The zero-order chi connectivity index (χ0) is 19.7. The van der Waals surface area contributed by atoms with Crippen molar-refractivity contribution in [2.24, 2.45) is 5.73 Å². The van der Waals surface area contributed by atoms with Gasteiger partial charge in [0.15, 0.2) is 0 Å². The lowest BCUT2D eigenvalue weighted by molar-refractivity contribution is -0.143. The van der Waals surface area contributed by atoms with Gasteiger partial charge in [0.1, 0.15) is 18.6 Å². The van der Waals surface area contributed by atoms with E-state index in [0.29, 0.717) is 25.0 Å². The number of likely N-dealkylation sites (tertiary alicyclic amines) is 1. The van der Waals surface area contributed by atoms with E-state index >= 15 is 0 Å². The van der Waals surface area contributed by atoms with E-state index in [0.717, 1.165) is 0 Å². The summed E-state index contributed by atoms with van der Waals surface area (Å²) in [7, 11) is 0. The van der Waals surface area contributed by atoms with Gasteiger partial charge in [-0.05, 0) is 31.3 Å². The van der Waals surface area contributed by atoms with Crippen LogP contribution in [0.4, 0.5) is 0 Å². The number of hydrogen-bond acceptors (Lipinski definition) is 7. The molecule has 11 heteroatoms. The second-order valence-electron chi connectivity index (χ2n) is 5.93. The normalized spacial score (nSPS) is 18.9. The molecule has 0 aliphatic carbocycles. The molecular formula is C15H26N4O6S. The quantitative estimate of drug-likeness (QED) is 0.279. The third kappa shape index (κ3) is 6.46. The summed E-state index contributed by atoms with van der Waals surface area (Å²) >= 11 is 1.54. The molecule has 1 aliphatic rings. The minimum Gasteiger partial charge on any atom is -0.480 e. The summed E-state index contributed by atoms with van der Waals surface area (Å²) in [5.74, 6) is -2.21. The van der Waals surface area contributed by atoms with E-state index in [1.165, 1.54) is 16.7 Å². The first-order chi connectivity index (χ1) is 12.3. The second kappa shape index (κ2) is 11.0. The summed E-state index contributed by atoms with van der Waals surface area (Å²) in [6, 6.07) is -2.81. The van der Waals surface area contributed by atoms with E-state index in [4.69, 9.17) is 10.8 Å². The molecule has 1 saturated heterocycles. The van der Waals surface area contributed by atoms with Crippen LogP contribution in [0.1, 0.15) is 19.3 Å². The van der Waals surface area contributed by atoms with Crippen molar-refractivity contribution in [2.45, 2.75) is 37.4 Å². The number of carboxylic acid groups (broad SMARTS) is 1. The lowest BCUT2D eigenvalue weighted by Crippen LogP contribution is -2.57. The zero-order valence-corrected chi connectivity index (χ0v) is 15.5. The molecule has 1 rings (SSSR count). The van der Waals surface area contributed by atoms with Crippen molar-refractivity contribution in [2.75, 3.05) is 31.7 Å². The molecule has 6 N–H and O–H groups in total. The maximum absolute atomic E-state index is 12.6. The molecule has 3 atom stereocenters. The molecule has 10 nitrogen and oxygen atoms in total. The highest BCUT2D eigenvalue weighted by Crippen LogP contribution is 2.18. The minimum atomic E-state index is -1.20. The van der Waals surface area contributed by atoms with Gasteiger partial charge in [0.05, 0.1) is 12.6 Å². The van der Waals surface area contributed by atoms with Crippen LogP contribution in [0, 0.1) is 0 Å². The fourth-order valence-electron chi connectivity index (χ4n) is 2.62. The Labute approximate surface area is 155 Å². The fourth-order valence-corrected chi connectivity index (χ4v) is 3.11. The van der Waals surface area contributed by atoms with E-state index in [1.54, 1.807) is 0 Å². The van der Waals surface area contributed by atoms with Gasteiger partial charge in [-0.15, -0.1) is 0 Å². The SMILES string of the molecule is CSCCC(N)C(=O)NC(CO)C(=O)N1CCCC1C(=O)NCC(=O)O. The van der Waals surface area contributed by atoms with E-state index in [2.05, 4.69) is 10.6 Å². The monoisotopic (exact) mass is 390 g/mol. The van der Waals surface area contributed by atoms with Gasteiger partial charge in [-0.25, -0.2) is 0 Å². The summed E-state index contributed by atoms with van der Waals surface area (Å²) < 4.78 is 0. The van der Waals surface area contributed by atoms with Gasteiger partial charge in [0.2, 0.25) is 17.7 Å². The smallest absolute Gasteiger partial charge is 0.322 e. The topological polar surface area (TPSA) is 162 Å². The van der Waals surface area contributed by atoms with Crippen LogP contribution < -0.4 is 16.4 Å². The average molecular weight is 390 g/mol. The van der Waals surface area contributed by atoms with Gasteiger partial charge in [-0.1, -0.05) is 0 Å². The van der Waals surface area contributed by atoms with E-state index in [-0.39, 0.29) is 6.54 Å². The van der Waals surface area contributed by atoms with Gasteiger partial charge >= 0.3 is 5.97 Å². The Hall–Kier alpha value is -1.85. The average Bonchev–Trinajstić information content (AvgIpc) is 3.10. The van der Waals surface area contributed by atoms with E-state index in [1.807, 2.05) is 6.26 Å². The predicted octanol–water partition coefficient (Wildman–Crippen LogP) is -2.26. The Morgan fingerprint density at radius 1 is 1.35 bits per heavy atom. The number of amides is 3. The van der Waals surface area contributed by atoms with Gasteiger partial charge in [-0.2, -0.15) is 11.8 Å². The molecular weight excluding hydrogens is 364 g/mol. The van der Waals surface area contributed by atoms with Gasteiger partial charge < -0.3 is 31.5 Å². The van der Waals surface area contributed by atoms with Crippen molar-refractivity contribution >= 4 is 35.5 Å². The molecule has 0 saturated carbocycles. The third-order valence-electron chi connectivity index (χ3n) is 4.02. The van der Waals surface area contributed by atoms with Crippen molar-refractivity contribution in [3.05, 3.63) is 0 Å². The van der Waals surface area contributed by atoms with Crippen LogP contribution in [0.3, 0.4) is 0 Å². The number of carboxylic acids is 1. The predicted molar refractivity (Wildman–Crippen MR) is 95.4 cm³/mol. The summed E-state index contributed by atoms with van der Waals surface area (Å²) in [6.07, 6.45) is 3.27. The molecule has 148 valence electrons. The largest absolute Gasteiger partial charge is 0.480 e. The molecule has 0 aromatic carbocycles. The molecule has 0 aromatic heterocycles. The van der Waals surface area contributed by atoms with Crippen LogP contribution in [0.5, 0.6) is 0 Å². The highest BCUT2D eigenvalue weighted by Gasteiger charge is 2.37. The first-order valence-electron chi connectivity index (χ1n) is 8.27. The van der Waals surface area contributed by atoms with Crippen LogP contribution in [0.2, 0.25) is 0 Å². The number of hydrogen-bond donors (Lipinski definition) is 5. The number of nitrogens with zero attached hydrogens (tertiary/aromatic N) is 1. The molecule has 1 aliphatic heterocycles. The van der Waals surface area contributed by atoms with E-state index in [9.17, 15) is 24.3 Å². The first-order valence-corrected chi connectivity index (χ1v) is 9.67. The van der Waals surface area contributed by atoms with Crippen molar-refractivity contribution in [1.82, 2.24) is 15.5 Å². The maximum atomic E-state index is 12.6. The number of carbonyl (C=O) groups is 4. The summed E-state index contributed by atoms with van der Waals surface area (Å²) in [4.78, 5) is 48.6. The molecule has 26 heavy (non-hydrogen) atoms. The molecule has 0 radical (unpaired) electrons. The number of nitrogens with one attached hydrogen (secondary N) is 2. The molecule has 0 spiro atoms. The van der Waals surface area contributed by atoms with Crippen molar-refractivity contribution < 1.29 is 29.4 Å². The molecule has 1 fully saturated rings. The van der Waals surface area contributed by atoms with E-state index < -0.39 is 55.0 Å². The Balaban J connectivity index is 2.69. The minimum absolute atomic E-state index is 0.287. The molecule has 3 unspecified atom stereocenters. The number of thioether (sulfide) groups is 1. The Kier molecular flexibility index (Phi) is 9.38. The summed E-state index contributed by atoms with van der Waals surface area (Å²) in [5.41, 5.74) is 5.75. The van der Waals surface area contributed by atoms with Crippen molar-refractivity contribution in [3.63, 3.8) is 0 Å². The fraction of sp³-hybridized carbons (Fsp3) is 0.733. The Morgan fingerprint density at radius 2 is 2.04 bits per heavy atom. The number of carbonyl (C=O) groups excluding carboxylic acids is 3. The van der Waals surface area contributed by atoms with Crippen LogP contribution in [0.15, 0.2) is 0 Å². The standard InChI is InChI=1S/C15H26N4O6S/c1-26-6-4-9(16)13(23)18-10(8-20)15(25)19-5-2-3-11(19)14(24)17-7-12(21)22/h9-11,20H,2-8,16H2,1H3,(H,17,24)(H,18,23)(H,21,22). The lowest BCUT2D eigenvalue weighted by atomic mass is 10.1. The number of aliphatic hydroxyl groups excluding tert-OH is 1. The molecule has 1 heterocycles. The van der Waals surface area contributed by atoms with Gasteiger partial charge in [0, 0.05) is 6.54 Å². The van der Waals surface area contributed by atoms with Crippen LogP contribution in [0.25, 0.3) is 0 Å². The van der Waals surface area contributed by atoms with Crippen molar-refractivity contribution in [1.29, 1.82) is 0 Å². The number of rotatable bonds is 10. The number of nitrogens with two attached hydrogens (primary N) is 1. The highest BCUT2D eigenvalue weighted by atomic mass is 32.2. The molecule has 0 aromatic rings. The Morgan fingerprint density at radius 3 is 2.62 bits per heavy atom. The first kappa shape index (κ1) is 22.2. The van der Waals surface area contributed by atoms with Crippen LogP contribution in [-0.4, -0.2) is 88.6 Å². The van der Waals surface area contributed by atoms with Gasteiger partial charge in [-0.3, -0.25) is 19.2 Å². The summed E-state index contributed by atoms with van der Waals surface area (Å²) in [5, 5.41) is 22.8. The maximum Gasteiger partial charge on any atom is 0.322 e. The van der Waals surface area contributed by atoms with Gasteiger partial charge in [0.25, 0.3) is 0 Å². The third-order valence-corrected chi connectivity index (χ3v) is 4.66. The highest BCUT2D eigenvalue weighted by molar-refractivity contribution is 7.98. The molecule has 3 amide bonds. The van der Waals surface area contributed by atoms with Crippen LogP contribution >= 0.6 is 11.8 Å². The molecule has 0 bridgehead atoms. The zero-order valence-electron chi connectivity index (χ0n) is 14.6. The van der Waals surface area contributed by atoms with Crippen LogP contribution in [-0.2, 0) is 19.2 Å². The Bertz CT molecular complexity index is 532. The lowest BCUT2D eigenvalue weighted by Gasteiger charge is -2.28. The van der Waals surface area contributed by atoms with Crippen molar-refractivity contribution in [3.8, 4) is 0 Å². The number of aliphatic carboxylic acids is 1.